The molecule has 1 radical (unpaired) electrons. The van der Waals surface area contributed by atoms with Gasteiger partial charge in [0.05, 0.1) is 0 Å². The van der Waals surface area contributed by atoms with E-state index in [1.165, 1.54) is 38.5 Å². The minimum Gasteiger partial charge on any atom is -0.236 e. The van der Waals surface area contributed by atoms with Gasteiger partial charge >= 0.3 is 0 Å². The van der Waals surface area contributed by atoms with Gasteiger partial charge in [-0.15, -0.1) is 0 Å². The summed E-state index contributed by atoms with van der Waals surface area (Å²) in [5.74, 6) is 0. The molecule has 0 saturated carbocycles. The van der Waals surface area contributed by atoms with E-state index in [2.05, 4.69) is 27.7 Å². The summed E-state index contributed by atoms with van der Waals surface area (Å²) in [6.07, 6.45) is 7.78. The quantitative estimate of drug-likeness (QED) is 0.545. The zero-order valence-corrected chi connectivity index (χ0v) is 9.84. The predicted molar refractivity (Wildman–Crippen MR) is 60.1 cm³/mol. The topological polar surface area (TPSA) is 14.1 Å². The highest BCUT2D eigenvalue weighted by Gasteiger charge is 2.07. The van der Waals surface area contributed by atoms with Crippen molar-refractivity contribution in [2.45, 2.75) is 78.3 Å². The zero-order chi connectivity index (χ0) is 10.1. The fourth-order valence-corrected chi connectivity index (χ4v) is 1.58. The third kappa shape index (κ3) is 8.29. The van der Waals surface area contributed by atoms with Gasteiger partial charge in [-0.2, -0.15) is 0 Å². The SMILES string of the molecule is CCCCC(C)[N]C(C)CCCC. The molecule has 0 rings (SSSR count). The maximum atomic E-state index is 4.75. The van der Waals surface area contributed by atoms with Crippen molar-refractivity contribution in [2.75, 3.05) is 0 Å². The average Bonchev–Trinajstić information content (AvgIpc) is 2.11. The third-order valence-corrected chi connectivity index (χ3v) is 2.46. The summed E-state index contributed by atoms with van der Waals surface area (Å²) in [5, 5.41) is 4.75. The van der Waals surface area contributed by atoms with Crippen LogP contribution in [-0.2, 0) is 0 Å². The summed E-state index contributed by atoms with van der Waals surface area (Å²) in [6, 6.07) is 1.15. The predicted octanol–water partition coefficient (Wildman–Crippen LogP) is 3.75. The van der Waals surface area contributed by atoms with Gasteiger partial charge in [0, 0.05) is 12.1 Å². The molecule has 2 unspecified atom stereocenters. The molecule has 0 aliphatic heterocycles. The fourth-order valence-electron chi connectivity index (χ4n) is 1.58. The lowest BCUT2D eigenvalue weighted by Crippen LogP contribution is -2.27. The first-order valence-electron chi connectivity index (χ1n) is 5.90. The van der Waals surface area contributed by atoms with Crippen LogP contribution >= 0.6 is 0 Å². The van der Waals surface area contributed by atoms with E-state index in [9.17, 15) is 0 Å². The maximum absolute atomic E-state index is 4.75. The largest absolute Gasteiger partial charge is 0.236 e. The highest BCUT2D eigenvalue weighted by Crippen LogP contribution is 2.06. The molecule has 13 heavy (non-hydrogen) atoms. The number of hydrogen-bond donors (Lipinski definition) is 0. The van der Waals surface area contributed by atoms with E-state index < -0.39 is 0 Å². The standard InChI is InChI=1S/C12H26N/c1-5-7-9-11(3)13-12(4)10-8-6-2/h11-12H,5-10H2,1-4H3. The maximum Gasteiger partial charge on any atom is 0.0220 e. The Labute approximate surface area is 84.3 Å². The number of unbranched alkanes of at least 4 members (excludes halogenated alkanes) is 2. The Bertz CT molecular complexity index is 89.3. The molecular formula is C12H26N. The molecule has 0 saturated heterocycles. The zero-order valence-electron chi connectivity index (χ0n) is 9.84. The number of nitrogens with zero attached hydrogens (tertiary/aromatic N) is 1. The molecule has 1 heteroatoms. The van der Waals surface area contributed by atoms with E-state index in [1.807, 2.05) is 0 Å². The molecule has 0 N–H and O–H groups in total. The van der Waals surface area contributed by atoms with Crippen LogP contribution in [0.2, 0.25) is 0 Å². The van der Waals surface area contributed by atoms with Crippen LogP contribution in [0.15, 0.2) is 0 Å². The first-order valence-corrected chi connectivity index (χ1v) is 5.90. The van der Waals surface area contributed by atoms with Crippen molar-refractivity contribution in [2.24, 2.45) is 0 Å². The molecule has 0 spiro atoms. The van der Waals surface area contributed by atoms with Gasteiger partial charge in [0.25, 0.3) is 0 Å². The van der Waals surface area contributed by atoms with Crippen LogP contribution in [0.4, 0.5) is 0 Å². The van der Waals surface area contributed by atoms with Crippen LogP contribution in [-0.4, -0.2) is 12.1 Å². The Morgan fingerprint density at radius 2 is 1.23 bits per heavy atom. The minimum atomic E-state index is 0.576. The highest BCUT2D eigenvalue weighted by molar-refractivity contribution is 4.66. The second kappa shape index (κ2) is 8.55. The molecule has 0 aromatic carbocycles. The lowest BCUT2D eigenvalue weighted by atomic mass is 10.1. The highest BCUT2D eigenvalue weighted by atomic mass is 14.9. The molecule has 0 amide bonds. The molecule has 0 aromatic rings. The van der Waals surface area contributed by atoms with Crippen molar-refractivity contribution in [3.63, 3.8) is 0 Å². The molecule has 0 aliphatic rings. The van der Waals surface area contributed by atoms with Crippen molar-refractivity contribution >= 4 is 0 Å². The van der Waals surface area contributed by atoms with E-state index in [1.54, 1.807) is 0 Å². The summed E-state index contributed by atoms with van der Waals surface area (Å²) in [4.78, 5) is 0. The Morgan fingerprint density at radius 3 is 1.54 bits per heavy atom. The summed E-state index contributed by atoms with van der Waals surface area (Å²) < 4.78 is 0. The molecule has 0 fully saturated rings. The van der Waals surface area contributed by atoms with Crippen molar-refractivity contribution < 1.29 is 0 Å². The van der Waals surface area contributed by atoms with Crippen LogP contribution in [0.5, 0.6) is 0 Å². The van der Waals surface area contributed by atoms with E-state index in [4.69, 9.17) is 5.32 Å². The molecule has 0 heterocycles. The molecule has 2 atom stereocenters. The van der Waals surface area contributed by atoms with Crippen molar-refractivity contribution in [3.8, 4) is 0 Å². The summed E-state index contributed by atoms with van der Waals surface area (Å²) in [6.45, 7) is 8.98. The Balaban J connectivity index is 3.35. The van der Waals surface area contributed by atoms with Gasteiger partial charge in [-0.1, -0.05) is 39.5 Å². The smallest absolute Gasteiger partial charge is 0.0220 e. The minimum absolute atomic E-state index is 0.576. The van der Waals surface area contributed by atoms with Gasteiger partial charge in [0.15, 0.2) is 0 Å². The van der Waals surface area contributed by atoms with E-state index in [0.29, 0.717) is 12.1 Å². The normalized spacial score (nSPS) is 15.7. The van der Waals surface area contributed by atoms with Crippen molar-refractivity contribution in [1.29, 1.82) is 0 Å². The summed E-state index contributed by atoms with van der Waals surface area (Å²) in [7, 11) is 0. The van der Waals surface area contributed by atoms with Crippen LogP contribution in [0.3, 0.4) is 0 Å². The Morgan fingerprint density at radius 1 is 0.846 bits per heavy atom. The fraction of sp³-hybridized carbons (Fsp3) is 1.00. The van der Waals surface area contributed by atoms with Crippen molar-refractivity contribution in [3.05, 3.63) is 0 Å². The lowest BCUT2D eigenvalue weighted by molar-refractivity contribution is 0.402. The monoisotopic (exact) mass is 184 g/mol. The first-order chi connectivity index (χ1) is 6.20. The van der Waals surface area contributed by atoms with E-state index in [0.717, 1.165) is 0 Å². The lowest BCUT2D eigenvalue weighted by Gasteiger charge is -2.17. The van der Waals surface area contributed by atoms with Gasteiger partial charge in [-0.3, -0.25) is 0 Å². The first kappa shape index (κ1) is 13.0. The van der Waals surface area contributed by atoms with E-state index >= 15 is 0 Å². The second-order valence-electron chi connectivity index (χ2n) is 4.13. The molecule has 0 aromatic heterocycles. The van der Waals surface area contributed by atoms with Gasteiger partial charge in [-0.05, 0) is 26.7 Å². The Hall–Kier alpha value is -0.0400. The Kier molecular flexibility index (Phi) is 8.53. The van der Waals surface area contributed by atoms with Gasteiger partial charge in [-0.25, -0.2) is 5.32 Å². The number of hydrogen-bond acceptors (Lipinski definition) is 0. The van der Waals surface area contributed by atoms with Crippen LogP contribution in [0.25, 0.3) is 0 Å². The number of rotatable bonds is 8. The molecule has 1 nitrogen and oxygen atoms in total. The van der Waals surface area contributed by atoms with Gasteiger partial charge in [0.2, 0.25) is 0 Å². The van der Waals surface area contributed by atoms with Gasteiger partial charge in [0.1, 0.15) is 0 Å². The molecule has 0 bridgehead atoms. The average molecular weight is 184 g/mol. The van der Waals surface area contributed by atoms with E-state index in [-0.39, 0.29) is 0 Å². The summed E-state index contributed by atoms with van der Waals surface area (Å²) >= 11 is 0. The van der Waals surface area contributed by atoms with Crippen molar-refractivity contribution in [1.82, 2.24) is 5.32 Å². The molecular weight excluding hydrogens is 158 g/mol. The molecule has 79 valence electrons. The van der Waals surface area contributed by atoms with Crippen LogP contribution in [0, 0.1) is 0 Å². The second-order valence-corrected chi connectivity index (χ2v) is 4.13. The summed E-state index contributed by atoms with van der Waals surface area (Å²) in [5.41, 5.74) is 0. The van der Waals surface area contributed by atoms with Crippen LogP contribution in [0.1, 0.15) is 66.2 Å². The van der Waals surface area contributed by atoms with Gasteiger partial charge < -0.3 is 0 Å². The van der Waals surface area contributed by atoms with Crippen LogP contribution < -0.4 is 5.32 Å². The molecule has 0 aliphatic carbocycles. The third-order valence-electron chi connectivity index (χ3n) is 2.46.